The molecule has 2 unspecified atom stereocenters. The van der Waals surface area contributed by atoms with Crippen LogP contribution in [0.15, 0.2) is 42.5 Å². The molecule has 2 aromatic carbocycles. The topological polar surface area (TPSA) is 65.0 Å². The van der Waals surface area contributed by atoms with Crippen LogP contribution >= 0.6 is 0 Å². The van der Waals surface area contributed by atoms with Crippen LogP contribution < -0.4 is 9.47 Å². The van der Waals surface area contributed by atoms with E-state index in [0.717, 1.165) is 11.1 Å². The van der Waals surface area contributed by atoms with Gasteiger partial charge in [0.15, 0.2) is 11.5 Å². The summed E-state index contributed by atoms with van der Waals surface area (Å²) in [6.07, 6.45) is 0.937. The Hall–Kier alpha value is -2.60. The Balaban J connectivity index is 1.97. The number of hydrogen-bond donors (Lipinski definition) is 1. The van der Waals surface area contributed by atoms with E-state index in [1.54, 1.807) is 26.4 Å². The molecule has 0 bridgehead atoms. The summed E-state index contributed by atoms with van der Waals surface area (Å²) in [5, 5.41) is 10.0. The molecule has 1 aliphatic rings. The third-order valence-corrected chi connectivity index (χ3v) is 7.33. The molecule has 3 rings (SSSR count). The minimum absolute atomic E-state index is 0.0467. The fourth-order valence-electron chi connectivity index (χ4n) is 4.94. The van der Waals surface area contributed by atoms with Crippen LogP contribution in [-0.4, -0.2) is 31.9 Å². The molecule has 0 saturated carbocycles. The largest absolute Gasteiger partial charge is 0.493 e. The highest BCUT2D eigenvalue weighted by Gasteiger charge is 2.49. The maximum Gasteiger partial charge on any atom is 0.309 e. The molecular weight excluding hydrogens is 411 g/mol. The van der Waals surface area contributed by atoms with Gasteiger partial charge in [-0.1, -0.05) is 32.0 Å². The minimum atomic E-state index is -0.896. The molecule has 5 nitrogen and oxygen atoms in total. The fourth-order valence-corrected chi connectivity index (χ4v) is 4.94. The summed E-state index contributed by atoms with van der Waals surface area (Å²) in [6, 6.07) is 12.2. The number of hydrogen-bond acceptors (Lipinski definition) is 4. The van der Waals surface area contributed by atoms with E-state index >= 15 is 0 Å². The van der Waals surface area contributed by atoms with Crippen LogP contribution in [0.3, 0.4) is 0 Å². The van der Waals surface area contributed by atoms with Crippen LogP contribution in [-0.2, 0) is 16.0 Å². The lowest BCUT2D eigenvalue weighted by atomic mass is 9.64. The van der Waals surface area contributed by atoms with Crippen LogP contribution in [0.5, 0.6) is 11.5 Å². The predicted molar refractivity (Wildman–Crippen MR) is 121 cm³/mol. The first-order valence-electron chi connectivity index (χ1n) is 11.1. The van der Waals surface area contributed by atoms with Crippen LogP contribution in [0.25, 0.3) is 0 Å². The fraction of sp³-hybridized carbons (Fsp3) is 0.500. The third-order valence-electron chi connectivity index (χ3n) is 7.33. The first kappa shape index (κ1) is 24.1. The van der Waals surface area contributed by atoms with Crippen LogP contribution in [0.2, 0.25) is 0 Å². The molecular formula is C26H33FO5. The summed E-state index contributed by atoms with van der Waals surface area (Å²) in [5.74, 6) is 0.111. The molecule has 2 aromatic rings. The van der Waals surface area contributed by atoms with Gasteiger partial charge in [-0.2, -0.15) is 0 Å². The molecule has 174 valence electrons. The van der Waals surface area contributed by atoms with Gasteiger partial charge in [0.05, 0.1) is 32.3 Å². The van der Waals surface area contributed by atoms with E-state index in [4.69, 9.17) is 14.2 Å². The van der Waals surface area contributed by atoms with Gasteiger partial charge in [0.25, 0.3) is 0 Å². The average molecular weight is 445 g/mol. The van der Waals surface area contributed by atoms with E-state index < -0.39 is 11.4 Å². The number of aliphatic carboxylic acids is 1. The Bertz CT molecular complexity index is 928. The lowest BCUT2D eigenvalue weighted by molar-refractivity contribution is -0.153. The minimum Gasteiger partial charge on any atom is -0.493 e. The Labute approximate surface area is 189 Å². The Morgan fingerprint density at radius 2 is 1.84 bits per heavy atom. The van der Waals surface area contributed by atoms with Crippen LogP contribution in [0.1, 0.15) is 44.4 Å². The molecule has 0 amide bonds. The van der Waals surface area contributed by atoms with Crippen molar-refractivity contribution >= 4 is 5.97 Å². The smallest absolute Gasteiger partial charge is 0.309 e. The summed E-state index contributed by atoms with van der Waals surface area (Å²) in [6.45, 7) is 6.24. The van der Waals surface area contributed by atoms with E-state index in [-0.39, 0.29) is 29.7 Å². The number of rotatable bonds is 9. The van der Waals surface area contributed by atoms with Gasteiger partial charge in [0.2, 0.25) is 0 Å². The van der Waals surface area contributed by atoms with Crippen molar-refractivity contribution in [2.75, 3.05) is 20.8 Å². The number of methoxy groups -OCH3 is 2. The van der Waals surface area contributed by atoms with Crippen LogP contribution in [0.4, 0.5) is 4.39 Å². The van der Waals surface area contributed by atoms with E-state index in [0.29, 0.717) is 30.9 Å². The standard InChI is InChI=1S/C26H33FO5/c1-6-26(3,25(28)29)16(2)23-19(13-17-7-12-21(30-4)22(14-17)31-5)15-32-24(23)18-8-10-20(27)11-9-18/h7-12,14,16,19,23-24H,6,13,15H2,1-5H3,(H,28,29)/t16?,19-,23+,24+,26?/m0/s1. The molecule has 0 radical (unpaired) electrons. The SMILES string of the molecule is CCC(C)(C(=O)O)C(C)[C@@H]1[C@@H](Cc2ccc(OC)c(OC)c2)CO[C@@H]1c1ccc(F)cc1. The Morgan fingerprint density at radius 1 is 1.19 bits per heavy atom. The van der Waals surface area contributed by atoms with Crippen molar-refractivity contribution in [3.8, 4) is 11.5 Å². The molecule has 0 spiro atoms. The zero-order valence-electron chi connectivity index (χ0n) is 19.4. The maximum atomic E-state index is 13.5. The van der Waals surface area contributed by atoms with Crippen molar-refractivity contribution in [2.45, 2.75) is 39.7 Å². The van der Waals surface area contributed by atoms with Gasteiger partial charge < -0.3 is 19.3 Å². The Kier molecular flexibility index (Phi) is 7.44. The normalized spacial score (nSPS) is 23.4. The molecule has 32 heavy (non-hydrogen) atoms. The quantitative estimate of drug-likeness (QED) is 0.551. The third kappa shape index (κ3) is 4.60. The van der Waals surface area contributed by atoms with Crippen molar-refractivity contribution < 1.29 is 28.5 Å². The van der Waals surface area contributed by atoms with Crippen molar-refractivity contribution in [3.05, 3.63) is 59.4 Å². The first-order valence-corrected chi connectivity index (χ1v) is 11.1. The molecule has 1 heterocycles. The second-order valence-corrected chi connectivity index (χ2v) is 8.90. The van der Waals surface area contributed by atoms with Gasteiger partial charge in [0.1, 0.15) is 5.82 Å². The van der Waals surface area contributed by atoms with Crippen molar-refractivity contribution in [1.29, 1.82) is 0 Å². The van der Waals surface area contributed by atoms with Gasteiger partial charge in [-0.15, -0.1) is 0 Å². The molecule has 0 aromatic heterocycles. The van der Waals surface area contributed by atoms with Gasteiger partial charge >= 0.3 is 5.97 Å². The number of carboxylic acids is 1. The molecule has 1 aliphatic heterocycles. The van der Waals surface area contributed by atoms with E-state index in [9.17, 15) is 14.3 Å². The van der Waals surface area contributed by atoms with Crippen LogP contribution in [0, 0.1) is 29.0 Å². The highest BCUT2D eigenvalue weighted by molar-refractivity contribution is 5.74. The number of carbonyl (C=O) groups is 1. The number of carboxylic acid groups (broad SMARTS) is 1. The molecule has 1 saturated heterocycles. The molecule has 5 atom stereocenters. The monoisotopic (exact) mass is 444 g/mol. The lowest BCUT2D eigenvalue weighted by Gasteiger charge is -2.39. The second kappa shape index (κ2) is 9.90. The summed E-state index contributed by atoms with van der Waals surface area (Å²) in [5.41, 5.74) is 1.05. The zero-order chi connectivity index (χ0) is 23.5. The van der Waals surface area contributed by atoms with E-state index in [2.05, 4.69) is 0 Å². The van der Waals surface area contributed by atoms with Crippen molar-refractivity contribution in [2.24, 2.45) is 23.2 Å². The van der Waals surface area contributed by atoms with Gasteiger partial charge in [-0.3, -0.25) is 4.79 Å². The first-order chi connectivity index (χ1) is 15.2. The van der Waals surface area contributed by atoms with Gasteiger partial charge in [-0.25, -0.2) is 4.39 Å². The number of ether oxygens (including phenoxy) is 3. The maximum absolute atomic E-state index is 13.5. The average Bonchev–Trinajstić information content (AvgIpc) is 3.21. The van der Waals surface area contributed by atoms with E-state index in [1.165, 1.54) is 12.1 Å². The highest BCUT2D eigenvalue weighted by Crippen LogP contribution is 2.50. The van der Waals surface area contributed by atoms with E-state index in [1.807, 2.05) is 39.0 Å². The second-order valence-electron chi connectivity index (χ2n) is 8.90. The summed E-state index contributed by atoms with van der Waals surface area (Å²) in [4.78, 5) is 12.2. The summed E-state index contributed by atoms with van der Waals surface area (Å²) < 4.78 is 30.6. The predicted octanol–water partition coefficient (Wildman–Crippen LogP) is 5.53. The van der Waals surface area contributed by atoms with Gasteiger partial charge in [0, 0.05) is 0 Å². The van der Waals surface area contributed by atoms with Crippen molar-refractivity contribution in [1.82, 2.24) is 0 Å². The highest BCUT2D eigenvalue weighted by atomic mass is 19.1. The summed E-state index contributed by atoms with van der Waals surface area (Å²) >= 11 is 0. The molecule has 6 heteroatoms. The Morgan fingerprint density at radius 3 is 2.41 bits per heavy atom. The summed E-state index contributed by atoms with van der Waals surface area (Å²) in [7, 11) is 3.21. The lowest BCUT2D eigenvalue weighted by Crippen LogP contribution is -2.41. The number of benzene rings is 2. The van der Waals surface area contributed by atoms with Gasteiger partial charge in [-0.05, 0) is 72.9 Å². The zero-order valence-corrected chi connectivity index (χ0v) is 19.4. The molecule has 1 N–H and O–H groups in total. The number of halogens is 1. The molecule has 1 fully saturated rings. The van der Waals surface area contributed by atoms with Crippen molar-refractivity contribution in [3.63, 3.8) is 0 Å². The molecule has 0 aliphatic carbocycles.